The molecule has 2 unspecified atom stereocenters. The van der Waals surface area contributed by atoms with E-state index in [4.69, 9.17) is 8.83 Å². The fourth-order valence-electron chi connectivity index (χ4n) is 13.9. The molecule has 14 rings (SSSR count). The van der Waals surface area contributed by atoms with Crippen LogP contribution in [0.15, 0.2) is 160 Å². The number of furan rings is 2. The van der Waals surface area contributed by atoms with Gasteiger partial charge in [-0.15, -0.1) is 0 Å². The highest BCUT2D eigenvalue weighted by molar-refractivity contribution is 7.00. The van der Waals surface area contributed by atoms with Crippen molar-refractivity contribution in [1.29, 1.82) is 0 Å². The highest BCUT2D eigenvalue weighted by Gasteiger charge is 2.58. The van der Waals surface area contributed by atoms with Gasteiger partial charge in [-0.25, -0.2) is 0 Å². The van der Waals surface area contributed by atoms with Crippen LogP contribution in [0, 0.1) is 0 Å². The van der Waals surface area contributed by atoms with Gasteiger partial charge in [0.15, 0.2) is 5.58 Å². The van der Waals surface area contributed by atoms with Gasteiger partial charge in [0.25, 0.3) is 6.71 Å². The van der Waals surface area contributed by atoms with Crippen LogP contribution in [0.25, 0.3) is 43.9 Å². The topological polar surface area (TPSA) is 36.0 Å². The van der Waals surface area contributed by atoms with Crippen molar-refractivity contribution in [2.45, 2.75) is 129 Å². The summed E-state index contributed by atoms with van der Waals surface area (Å²) in [4.78, 5) is 8.00. The zero-order chi connectivity index (χ0) is 51.0. The van der Waals surface area contributed by atoms with E-state index in [1.54, 1.807) is 0 Å². The van der Waals surface area contributed by atoms with E-state index in [0.717, 1.165) is 68.1 Å². The average Bonchev–Trinajstić information content (AvgIpc) is 4.02. The number of fused-ring (bicyclic) bond motifs is 13. The molecule has 2 atom stereocenters. The van der Waals surface area contributed by atoms with Crippen LogP contribution in [-0.2, 0) is 21.7 Å². The smallest absolute Gasteiger partial charge is 0.252 e. The molecule has 1 saturated carbocycles. The standard InChI is InChI=1S/C68H66BN3O2/c1-64(2,3)41-27-31-53-50(35-41)67(10)33-16-17-34-68(67,11)72(53)45-39-57-62-58(40-45)71(54-22-18-21-48-46-19-12-15-24-60(46)74-63(48)54)56-37-43(66(7,8)9)26-30-52(56)69(62)51-29-25-42(65(4,5)6)36-55(51)70(57)44-28-32-61-49(38-44)47-20-13-14-23-59(47)73-61/h12-15,18-32,35-40H,16-17,33-34H2,1-11H3. The minimum absolute atomic E-state index is 0.0214. The first-order chi connectivity index (χ1) is 35.3. The van der Waals surface area contributed by atoms with Crippen molar-refractivity contribution in [2.75, 3.05) is 14.7 Å². The maximum Gasteiger partial charge on any atom is 0.252 e. The van der Waals surface area contributed by atoms with Gasteiger partial charge in [0.2, 0.25) is 0 Å². The first kappa shape index (κ1) is 45.4. The van der Waals surface area contributed by atoms with Crippen LogP contribution in [-0.4, -0.2) is 12.3 Å². The second-order valence-electron chi connectivity index (χ2n) is 25.7. The highest BCUT2D eigenvalue weighted by atomic mass is 16.3. The van der Waals surface area contributed by atoms with E-state index in [1.807, 2.05) is 0 Å². The molecule has 10 aromatic rings. The monoisotopic (exact) mass is 968 g/mol. The number of anilines is 8. The predicted octanol–water partition coefficient (Wildman–Crippen LogP) is 17.2. The zero-order valence-corrected chi connectivity index (χ0v) is 45.0. The molecule has 368 valence electrons. The van der Waals surface area contributed by atoms with Gasteiger partial charge < -0.3 is 23.5 Å². The molecule has 0 saturated heterocycles. The van der Waals surface area contributed by atoms with Crippen molar-refractivity contribution >= 4 is 112 Å². The van der Waals surface area contributed by atoms with Gasteiger partial charge in [0, 0.05) is 66.8 Å². The SMILES string of the molecule is CC(C)(C)c1ccc2c(c1)N(c1ccc3oc4ccccc4c3c1)c1cc(N3c4ccc(C(C)(C)C)cc4C4(C)CCCCC34C)cc3c1B2c1ccc(C(C)(C)C)cc1N3c1cccc2c1oc1ccccc12. The third-order valence-corrected chi connectivity index (χ3v) is 18.3. The van der Waals surface area contributed by atoms with Crippen LogP contribution < -0.4 is 31.1 Å². The molecule has 3 aliphatic heterocycles. The van der Waals surface area contributed by atoms with Crippen LogP contribution in [0.2, 0.25) is 0 Å². The average molecular weight is 968 g/mol. The van der Waals surface area contributed by atoms with Gasteiger partial charge in [-0.3, -0.25) is 0 Å². The molecule has 8 aromatic carbocycles. The lowest BCUT2D eigenvalue weighted by Gasteiger charge is -2.51. The minimum atomic E-state index is -0.189. The van der Waals surface area contributed by atoms with Gasteiger partial charge >= 0.3 is 0 Å². The van der Waals surface area contributed by atoms with Crippen molar-refractivity contribution in [1.82, 2.24) is 0 Å². The van der Waals surface area contributed by atoms with E-state index in [2.05, 4.69) is 243 Å². The predicted molar refractivity (Wildman–Crippen MR) is 314 cm³/mol. The quantitative estimate of drug-likeness (QED) is 0.165. The molecular weight excluding hydrogens is 902 g/mol. The zero-order valence-electron chi connectivity index (χ0n) is 45.0. The second kappa shape index (κ2) is 15.2. The van der Waals surface area contributed by atoms with Gasteiger partial charge in [0.1, 0.15) is 16.7 Å². The lowest BCUT2D eigenvalue weighted by Crippen LogP contribution is -2.61. The molecular formula is C68H66BN3O2. The molecule has 4 aliphatic rings. The number of benzene rings is 8. The number of hydrogen-bond acceptors (Lipinski definition) is 5. The summed E-state index contributed by atoms with van der Waals surface area (Å²) in [5.41, 5.74) is 22.0. The lowest BCUT2D eigenvalue weighted by molar-refractivity contribution is 0.195. The third kappa shape index (κ3) is 6.29. The molecule has 1 fully saturated rings. The van der Waals surface area contributed by atoms with E-state index in [-0.39, 0.29) is 33.9 Å². The van der Waals surface area contributed by atoms with Crippen LogP contribution >= 0.6 is 0 Å². The largest absolute Gasteiger partial charge is 0.456 e. The molecule has 1 aliphatic carbocycles. The summed E-state index contributed by atoms with van der Waals surface area (Å²) < 4.78 is 13.6. The van der Waals surface area contributed by atoms with Crippen LogP contribution in [0.1, 0.15) is 124 Å². The summed E-state index contributed by atoms with van der Waals surface area (Å²) >= 11 is 0. The Morgan fingerprint density at radius 1 is 0.432 bits per heavy atom. The highest BCUT2D eigenvalue weighted by Crippen LogP contribution is 2.62. The van der Waals surface area contributed by atoms with E-state index in [9.17, 15) is 0 Å². The summed E-state index contributed by atoms with van der Waals surface area (Å²) in [7, 11) is 0. The fourth-order valence-corrected chi connectivity index (χ4v) is 13.9. The second-order valence-corrected chi connectivity index (χ2v) is 25.7. The Hall–Kier alpha value is -7.18. The fraction of sp³-hybridized carbons (Fsp3) is 0.294. The summed E-state index contributed by atoms with van der Waals surface area (Å²) in [6, 6.07) is 57.9. The Balaban J connectivity index is 1.14. The Labute approximate surface area is 436 Å². The van der Waals surface area contributed by atoms with Crippen LogP contribution in [0.4, 0.5) is 45.5 Å². The summed E-state index contributed by atoms with van der Waals surface area (Å²) in [5.74, 6) is 0. The summed E-state index contributed by atoms with van der Waals surface area (Å²) in [6.45, 7) is 26.2. The molecule has 5 heterocycles. The van der Waals surface area contributed by atoms with E-state index >= 15 is 0 Å². The molecule has 0 radical (unpaired) electrons. The van der Waals surface area contributed by atoms with Crippen LogP contribution in [0.3, 0.4) is 0 Å². The van der Waals surface area contributed by atoms with Crippen molar-refractivity contribution < 1.29 is 8.83 Å². The van der Waals surface area contributed by atoms with E-state index < -0.39 is 0 Å². The van der Waals surface area contributed by atoms with E-state index in [1.165, 1.54) is 85.6 Å². The van der Waals surface area contributed by atoms with Gasteiger partial charge in [0.05, 0.1) is 11.2 Å². The maximum absolute atomic E-state index is 7.07. The Bertz CT molecular complexity index is 4010. The molecule has 6 heteroatoms. The molecule has 5 nitrogen and oxygen atoms in total. The Morgan fingerprint density at radius 2 is 0.986 bits per heavy atom. The normalized spacial score (nSPS) is 19.3. The number of rotatable bonds is 3. The van der Waals surface area contributed by atoms with E-state index in [0.29, 0.717) is 0 Å². The van der Waals surface area contributed by atoms with Gasteiger partial charge in [-0.2, -0.15) is 0 Å². The molecule has 0 spiro atoms. The molecule has 0 N–H and O–H groups in total. The Kier molecular flexibility index (Phi) is 9.34. The number of nitrogens with zero attached hydrogens (tertiary/aromatic N) is 3. The molecule has 0 amide bonds. The first-order valence-electron chi connectivity index (χ1n) is 27.2. The van der Waals surface area contributed by atoms with Crippen molar-refractivity contribution in [3.63, 3.8) is 0 Å². The first-order valence-corrected chi connectivity index (χ1v) is 27.2. The summed E-state index contributed by atoms with van der Waals surface area (Å²) in [5, 5.41) is 4.49. The van der Waals surface area contributed by atoms with Crippen molar-refractivity contribution in [2.24, 2.45) is 0 Å². The Morgan fingerprint density at radius 3 is 1.66 bits per heavy atom. The number of hydrogen-bond donors (Lipinski definition) is 0. The third-order valence-electron chi connectivity index (χ3n) is 18.3. The van der Waals surface area contributed by atoms with Gasteiger partial charge in [-0.1, -0.05) is 167 Å². The van der Waals surface area contributed by atoms with Gasteiger partial charge in [-0.05, 0) is 141 Å². The molecule has 74 heavy (non-hydrogen) atoms. The molecule has 2 aromatic heterocycles. The van der Waals surface area contributed by atoms with Crippen molar-refractivity contribution in [3.05, 3.63) is 174 Å². The lowest BCUT2D eigenvalue weighted by atomic mass is 9.33. The maximum atomic E-state index is 7.07. The minimum Gasteiger partial charge on any atom is -0.456 e. The molecule has 0 bridgehead atoms. The summed E-state index contributed by atoms with van der Waals surface area (Å²) in [6.07, 6.45) is 4.67. The van der Waals surface area contributed by atoms with Crippen molar-refractivity contribution in [3.8, 4) is 0 Å². The number of para-hydroxylation sites is 3. The van der Waals surface area contributed by atoms with Crippen LogP contribution in [0.5, 0.6) is 0 Å².